The Labute approximate surface area is 73.7 Å². The van der Waals surface area contributed by atoms with Gasteiger partial charge in [-0.2, -0.15) is 0 Å². The molecule has 0 aromatic heterocycles. The lowest BCUT2D eigenvalue weighted by atomic mass is 10.2. The van der Waals surface area contributed by atoms with E-state index in [1.165, 1.54) is 12.8 Å². The zero-order chi connectivity index (χ0) is 8.81. The molecular formula is C9H17NO2. The number of nitrogens with zero attached hydrogens (tertiary/aromatic N) is 1. The molecule has 0 saturated carbocycles. The molecule has 0 radical (unpaired) electrons. The summed E-state index contributed by atoms with van der Waals surface area (Å²) in [6.45, 7) is 4.51. The summed E-state index contributed by atoms with van der Waals surface area (Å²) in [6.07, 6.45) is 4.35. The highest BCUT2D eigenvalue weighted by atomic mass is 16.6. The van der Waals surface area contributed by atoms with E-state index in [0.717, 1.165) is 25.9 Å². The van der Waals surface area contributed by atoms with E-state index in [1.807, 2.05) is 0 Å². The van der Waals surface area contributed by atoms with Crippen molar-refractivity contribution in [2.24, 2.45) is 0 Å². The summed E-state index contributed by atoms with van der Waals surface area (Å²) >= 11 is 0. The molecule has 1 saturated heterocycles. The van der Waals surface area contributed by atoms with Crippen LogP contribution in [0.5, 0.6) is 0 Å². The third-order valence-electron chi connectivity index (χ3n) is 2.09. The maximum Gasteiger partial charge on any atom is 0.409 e. The number of hydrogen-bond acceptors (Lipinski definition) is 2. The highest BCUT2D eigenvalue weighted by molar-refractivity contribution is 5.68. The fraction of sp³-hybridized carbons (Fsp3) is 0.889. The van der Waals surface area contributed by atoms with Crippen LogP contribution in [-0.4, -0.2) is 30.7 Å². The summed E-state index contributed by atoms with van der Waals surface area (Å²) < 4.78 is 4.91. The third-order valence-corrected chi connectivity index (χ3v) is 2.09. The predicted octanol–water partition coefficient (Wildman–Crippen LogP) is 2.02. The van der Waals surface area contributed by atoms with Crippen LogP contribution in [0.4, 0.5) is 4.79 Å². The van der Waals surface area contributed by atoms with Gasteiger partial charge in [-0.15, -0.1) is 0 Å². The first-order valence-corrected chi connectivity index (χ1v) is 4.76. The average Bonchev–Trinajstić information content (AvgIpc) is 2.09. The fourth-order valence-corrected chi connectivity index (χ4v) is 1.35. The van der Waals surface area contributed by atoms with Crippen molar-refractivity contribution in [3.05, 3.63) is 0 Å². The van der Waals surface area contributed by atoms with Crippen LogP contribution in [0.1, 0.15) is 32.6 Å². The van der Waals surface area contributed by atoms with Crippen LogP contribution in [0, 0.1) is 0 Å². The standard InChI is InChI=1S/C9H17NO2/c1-2-3-4-6-10-7-5-8-12-9(10)11/h2-8H2,1H3. The van der Waals surface area contributed by atoms with E-state index in [0.29, 0.717) is 6.61 Å². The van der Waals surface area contributed by atoms with E-state index >= 15 is 0 Å². The Balaban J connectivity index is 2.16. The molecule has 0 spiro atoms. The Hall–Kier alpha value is -0.730. The molecule has 1 amide bonds. The Morgan fingerprint density at radius 3 is 3.00 bits per heavy atom. The first-order chi connectivity index (χ1) is 5.84. The van der Waals surface area contributed by atoms with E-state index in [9.17, 15) is 4.79 Å². The second kappa shape index (κ2) is 5.01. The van der Waals surface area contributed by atoms with Crippen molar-refractivity contribution in [3.8, 4) is 0 Å². The number of ether oxygens (including phenoxy) is 1. The second-order valence-corrected chi connectivity index (χ2v) is 3.16. The Morgan fingerprint density at radius 1 is 1.50 bits per heavy atom. The predicted molar refractivity (Wildman–Crippen MR) is 47.1 cm³/mol. The monoisotopic (exact) mass is 171 g/mol. The van der Waals surface area contributed by atoms with Crippen LogP contribution in [0.2, 0.25) is 0 Å². The first-order valence-electron chi connectivity index (χ1n) is 4.76. The second-order valence-electron chi connectivity index (χ2n) is 3.16. The van der Waals surface area contributed by atoms with Crippen LogP contribution in [0.15, 0.2) is 0 Å². The molecule has 0 unspecified atom stereocenters. The molecule has 3 heteroatoms. The van der Waals surface area contributed by atoms with Gasteiger partial charge in [-0.25, -0.2) is 4.79 Å². The molecule has 1 aliphatic heterocycles. The normalized spacial score (nSPS) is 17.8. The number of amides is 1. The van der Waals surface area contributed by atoms with Gasteiger partial charge in [0.25, 0.3) is 0 Å². The van der Waals surface area contributed by atoms with Crippen LogP contribution < -0.4 is 0 Å². The summed E-state index contributed by atoms with van der Waals surface area (Å²) in [5.74, 6) is 0. The molecule has 1 aliphatic rings. The van der Waals surface area contributed by atoms with Gasteiger partial charge in [0.2, 0.25) is 0 Å². The van der Waals surface area contributed by atoms with Crippen molar-refractivity contribution >= 4 is 6.09 Å². The number of hydrogen-bond donors (Lipinski definition) is 0. The van der Waals surface area contributed by atoms with Crippen molar-refractivity contribution in [3.63, 3.8) is 0 Å². The van der Waals surface area contributed by atoms with Crippen LogP contribution in [0.3, 0.4) is 0 Å². The summed E-state index contributed by atoms with van der Waals surface area (Å²) in [6, 6.07) is 0. The summed E-state index contributed by atoms with van der Waals surface area (Å²) in [4.78, 5) is 12.9. The number of unbranched alkanes of at least 4 members (excludes halogenated alkanes) is 2. The number of carbonyl (C=O) groups excluding carboxylic acids is 1. The van der Waals surface area contributed by atoms with Crippen LogP contribution in [-0.2, 0) is 4.74 Å². The van der Waals surface area contributed by atoms with Crippen molar-refractivity contribution in [2.45, 2.75) is 32.6 Å². The Bertz CT molecular complexity index is 147. The number of carbonyl (C=O) groups is 1. The molecule has 70 valence electrons. The molecule has 0 bridgehead atoms. The van der Waals surface area contributed by atoms with Crippen molar-refractivity contribution in [1.29, 1.82) is 0 Å². The number of cyclic esters (lactones) is 1. The van der Waals surface area contributed by atoms with Gasteiger partial charge >= 0.3 is 6.09 Å². The Morgan fingerprint density at radius 2 is 2.33 bits per heavy atom. The van der Waals surface area contributed by atoms with Crippen molar-refractivity contribution in [2.75, 3.05) is 19.7 Å². The average molecular weight is 171 g/mol. The minimum absolute atomic E-state index is 0.127. The van der Waals surface area contributed by atoms with E-state index in [4.69, 9.17) is 4.74 Å². The van der Waals surface area contributed by atoms with Gasteiger partial charge in [-0.3, -0.25) is 0 Å². The lowest BCUT2D eigenvalue weighted by molar-refractivity contribution is 0.0723. The van der Waals surface area contributed by atoms with Gasteiger partial charge in [-0.05, 0) is 12.8 Å². The zero-order valence-corrected chi connectivity index (χ0v) is 7.71. The molecule has 0 N–H and O–H groups in total. The molecule has 0 aromatic carbocycles. The molecule has 1 rings (SSSR count). The van der Waals surface area contributed by atoms with Gasteiger partial charge < -0.3 is 9.64 Å². The van der Waals surface area contributed by atoms with Crippen molar-refractivity contribution in [1.82, 2.24) is 4.90 Å². The maximum atomic E-state index is 11.1. The maximum absolute atomic E-state index is 11.1. The molecule has 1 fully saturated rings. The molecular weight excluding hydrogens is 154 g/mol. The lowest BCUT2D eigenvalue weighted by Crippen LogP contribution is -2.38. The largest absolute Gasteiger partial charge is 0.449 e. The molecule has 1 heterocycles. The highest BCUT2D eigenvalue weighted by Gasteiger charge is 2.17. The molecule has 0 aromatic rings. The summed E-state index contributed by atoms with van der Waals surface area (Å²) in [5.41, 5.74) is 0. The van der Waals surface area contributed by atoms with Gasteiger partial charge in [0, 0.05) is 13.1 Å². The lowest BCUT2D eigenvalue weighted by Gasteiger charge is -2.26. The van der Waals surface area contributed by atoms with E-state index in [2.05, 4.69) is 6.92 Å². The highest BCUT2D eigenvalue weighted by Crippen LogP contribution is 2.06. The minimum atomic E-state index is -0.127. The Kier molecular flexibility index (Phi) is 3.91. The first kappa shape index (κ1) is 9.36. The van der Waals surface area contributed by atoms with E-state index < -0.39 is 0 Å². The van der Waals surface area contributed by atoms with Gasteiger partial charge in [0.1, 0.15) is 0 Å². The SMILES string of the molecule is CCCCCN1CCCOC1=O. The molecule has 0 atom stereocenters. The van der Waals surface area contributed by atoms with Crippen LogP contribution >= 0.6 is 0 Å². The number of rotatable bonds is 4. The quantitative estimate of drug-likeness (QED) is 0.605. The molecule has 12 heavy (non-hydrogen) atoms. The van der Waals surface area contributed by atoms with Gasteiger partial charge in [-0.1, -0.05) is 19.8 Å². The van der Waals surface area contributed by atoms with Gasteiger partial charge in [0.15, 0.2) is 0 Å². The molecule has 3 nitrogen and oxygen atoms in total. The van der Waals surface area contributed by atoms with E-state index in [-0.39, 0.29) is 6.09 Å². The van der Waals surface area contributed by atoms with E-state index in [1.54, 1.807) is 4.90 Å². The van der Waals surface area contributed by atoms with Gasteiger partial charge in [0.05, 0.1) is 6.61 Å². The zero-order valence-electron chi connectivity index (χ0n) is 7.71. The third kappa shape index (κ3) is 2.72. The van der Waals surface area contributed by atoms with Crippen molar-refractivity contribution < 1.29 is 9.53 Å². The fourth-order valence-electron chi connectivity index (χ4n) is 1.35. The smallest absolute Gasteiger partial charge is 0.409 e. The van der Waals surface area contributed by atoms with Crippen LogP contribution in [0.25, 0.3) is 0 Å². The topological polar surface area (TPSA) is 29.5 Å². The molecule has 0 aliphatic carbocycles. The minimum Gasteiger partial charge on any atom is -0.449 e. The summed E-state index contributed by atoms with van der Waals surface area (Å²) in [5, 5.41) is 0. The summed E-state index contributed by atoms with van der Waals surface area (Å²) in [7, 11) is 0.